The number of rotatable bonds is 5. The Balaban J connectivity index is 1.90. The van der Waals surface area contributed by atoms with Crippen LogP contribution in [0, 0.1) is 5.82 Å². The van der Waals surface area contributed by atoms with Crippen molar-refractivity contribution in [3.05, 3.63) is 53.6 Å². The van der Waals surface area contributed by atoms with Gasteiger partial charge in [0.25, 0.3) is 5.91 Å². The van der Waals surface area contributed by atoms with Gasteiger partial charge in [-0.25, -0.2) is 14.4 Å². The molecule has 1 heterocycles. The largest absolute Gasteiger partial charge is 0.350 e. The molecule has 0 aliphatic carbocycles. The number of hydrogen-bond acceptors (Lipinski definition) is 4. The maximum atomic E-state index is 12.8. The number of amides is 1. The summed E-state index contributed by atoms with van der Waals surface area (Å²) >= 11 is 0. The van der Waals surface area contributed by atoms with Crippen LogP contribution < -0.4 is 10.6 Å². The van der Waals surface area contributed by atoms with Crippen LogP contribution in [-0.2, 0) is 6.42 Å². The van der Waals surface area contributed by atoms with E-state index in [1.165, 1.54) is 12.1 Å². The van der Waals surface area contributed by atoms with Gasteiger partial charge >= 0.3 is 0 Å². The average molecular weight is 316 g/mol. The topological polar surface area (TPSA) is 66.9 Å². The third-order valence-corrected chi connectivity index (χ3v) is 2.99. The Morgan fingerprint density at radius 2 is 1.87 bits per heavy atom. The van der Waals surface area contributed by atoms with Crippen molar-refractivity contribution in [2.75, 3.05) is 11.9 Å². The number of anilines is 1. The Kier molecular flexibility index (Phi) is 5.26. The number of hydrogen-bond donors (Lipinski definition) is 2. The van der Waals surface area contributed by atoms with E-state index in [1.54, 1.807) is 24.4 Å². The molecule has 1 amide bonds. The fourth-order valence-corrected chi connectivity index (χ4v) is 1.94. The molecule has 122 valence electrons. The van der Waals surface area contributed by atoms with Gasteiger partial charge in [-0.1, -0.05) is 12.1 Å². The summed E-state index contributed by atoms with van der Waals surface area (Å²) in [5.41, 5.74) is 1.09. The molecule has 0 fully saturated rings. The molecular weight excluding hydrogens is 295 g/mol. The third kappa shape index (κ3) is 5.65. The van der Waals surface area contributed by atoms with Crippen molar-refractivity contribution in [1.82, 2.24) is 15.3 Å². The predicted molar refractivity (Wildman–Crippen MR) is 87.8 cm³/mol. The number of carbonyl (C=O) groups excluding carboxylic acids is 1. The van der Waals surface area contributed by atoms with Gasteiger partial charge in [-0.3, -0.25) is 4.79 Å². The molecule has 0 saturated carbocycles. The lowest BCUT2D eigenvalue weighted by Gasteiger charge is -2.20. The SMILES string of the molecule is CC(C)(C)Nc1nccc(C(=O)NCCc2ccc(F)cc2)n1. The minimum atomic E-state index is -0.266. The van der Waals surface area contributed by atoms with Crippen molar-refractivity contribution in [2.45, 2.75) is 32.7 Å². The monoisotopic (exact) mass is 316 g/mol. The second-order valence-electron chi connectivity index (χ2n) is 6.27. The Morgan fingerprint density at radius 1 is 1.17 bits per heavy atom. The van der Waals surface area contributed by atoms with Gasteiger partial charge in [0, 0.05) is 18.3 Å². The van der Waals surface area contributed by atoms with Gasteiger partial charge in [0.2, 0.25) is 5.95 Å². The van der Waals surface area contributed by atoms with Gasteiger partial charge in [-0.2, -0.15) is 0 Å². The van der Waals surface area contributed by atoms with Crippen molar-refractivity contribution in [3.63, 3.8) is 0 Å². The zero-order chi connectivity index (χ0) is 16.9. The van der Waals surface area contributed by atoms with Crippen molar-refractivity contribution >= 4 is 11.9 Å². The average Bonchev–Trinajstić information content (AvgIpc) is 2.48. The Morgan fingerprint density at radius 3 is 2.52 bits per heavy atom. The first-order valence-corrected chi connectivity index (χ1v) is 7.47. The zero-order valence-electron chi connectivity index (χ0n) is 13.6. The first-order valence-electron chi connectivity index (χ1n) is 7.47. The smallest absolute Gasteiger partial charge is 0.270 e. The van der Waals surface area contributed by atoms with Gasteiger partial charge in [0.1, 0.15) is 11.5 Å². The number of benzene rings is 1. The van der Waals surface area contributed by atoms with Gasteiger partial charge in [-0.15, -0.1) is 0 Å². The molecule has 0 saturated heterocycles. The van der Waals surface area contributed by atoms with Crippen LogP contribution in [0.5, 0.6) is 0 Å². The molecule has 0 spiro atoms. The molecule has 0 aliphatic rings. The van der Waals surface area contributed by atoms with E-state index >= 15 is 0 Å². The second-order valence-corrected chi connectivity index (χ2v) is 6.27. The normalized spacial score (nSPS) is 11.1. The number of aromatic nitrogens is 2. The van der Waals surface area contributed by atoms with Crippen LogP contribution in [0.3, 0.4) is 0 Å². The van der Waals surface area contributed by atoms with Crippen molar-refractivity contribution in [2.24, 2.45) is 0 Å². The van der Waals surface area contributed by atoms with Crippen LogP contribution in [0.2, 0.25) is 0 Å². The van der Waals surface area contributed by atoms with E-state index in [0.29, 0.717) is 24.6 Å². The van der Waals surface area contributed by atoms with Crippen LogP contribution in [0.1, 0.15) is 36.8 Å². The molecule has 2 aromatic rings. The van der Waals surface area contributed by atoms with E-state index in [1.807, 2.05) is 20.8 Å². The summed E-state index contributed by atoms with van der Waals surface area (Å²) in [4.78, 5) is 20.4. The lowest BCUT2D eigenvalue weighted by atomic mass is 10.1. The molecule has 1 aromatic carbocycles. The van der Waals surface area contributed by atoms with Gasteiger partial charge in [0.05, 0.1) is 0 Å². The molecule has 1 aromatic heterocycles. The number of carbonyl (C=O) groups is 1. The standard InChI is InChI=1S/C17H21FN4O/c1-17(2,3)22-16-20-11-9-14(21-16)15(23)19-10-8-12-4-6-13(18)7-5-12/h4-7,9,11H,8,10H2,1-3H3,(H,19,23)(H,20,21,22). The van der Waals surface area contributed by atoms with Crippen molar-refractivity contribution in [3.8, 4) is 0 Å². The Bertz CT molecular complexity index is 665. The van der Waals surface area contributed by atoms with Gasteiger partial charge in [-0.05, 0) is 51.0 Å². The maximum absolute atomic E-state index is 12.8. The maximum Gasteiger partial charge on any atom is 0.270 e. The van der Waals surface area contributed by atoms with E-state index in [-0.39, 0.29) is 17.3 Å². The molecule has 6 heteroatoms. The van der Waals surface area contributed by atoms with Gasteiger partial charge in [0.15, 0.2) is 0 Å². The summed E-state index contributed by atoms with van der Waals surface area (Å²) in [6.07, 6.45) is 2.18. The van der Waals surface area contributed by atoms with E-state index in [2.05, 4.69) is 20.6 Å². The molecule has 23 heavy (non-hydrogen) atoms. The lowest BCUT2D eigenvalue weighted by Crippen LogP contribution is -2.29. The zero-order valence-corrected chi connectivity index (χ0v) is 13.6. The van der Waals surface area contributed by atoms with Crippen molar-refractivity contribution in [1.29, 1.82) is 0 Å². The molecule has 2 N–H and O–H groups in total. The molecular formula is C17H21FN4O. The van der Waals surface area contributed by atoms with Crippen LogP contribution in [0.25, 0.3) is 0 Å². The third-order valence-electron chi connectivity index (χ3n) is 2.99. The van der Waals surface area contributed by atoms with E-state index in [9.17, 15) is 9.18 Å². The molecule has 5 nitrogen and oxygen atoms in total. The van der Waals surface area contributed by atoms with Crippen LogP contribution in [-0.4, -0.2) is 28.0 Å². The van der Waals surface area contributed by atoms with E-state index < -0.39 is 0 Å². The van der Waals surface area contributed by atoms with Gasteiger partial charge < -0.3 is 10.6 Å². The highest BCUT2D eigenvalue weighted by molar-refractivity contribution is 5.92. The first-order chi connectivity index (χ1) is 10.8. The fourth-order valence-electron chi connectivity index (χ4n) is 1.94. The molecule has 0 aliphatic heterocycles. The fraction of sp³-hybridized carbons (Fsp3) is 0.353. The highest BCUT2D eigenvalue weighted by Crippen LogP contribution is 2.09. The summed E-state index contributed by atoms with van der Waals surface area (Å²) in [6, 6.07) is 7.80. The predicted octanol–water partition coefficient (Wildman–Crippen LogP) is 2.80. The second kappa shape index (κ2) is 7.17. The summed E-state index contributed by atoms with van der Waals surface area (Å²) in [7, 11) is 0. The van der Waals surface area contributed by atoms with Crippen LogP contribution in [0.4, 0.5) is 10.3 Å². The molecule has 0 radical (unpaired) electrons. The summed E-state index contributed by atoms with van der Waals surface area (Å²) in [5.74, 6) is -0.104. The molecule has 0 bridgehead atoms. The molecule has 0 atom stereocenters. The highest BCUT2D eigenvalue weighted by atomic mass is 19.1. The first kappa shape index (κ1) is 16.9. The number of nitrogens with zero attached hydrogens (tertiary/aromatic N) is 2. The minimum absolute atomic E-state index is 0.183. The lowest BCUT2D eigenvalue weighted by molar-refractivity contribution is 0.0949. The summed E-state index contributed by atoms with van der Waals surface area (Å²) in [6.45, 7) is 6.43. The Labute approximate surface area is 135 Å². The van der Waals surface area contributed by atoms with Crippen molar-refractivity contribution < 1.29 is 9.18 Å². The minimum Gasteiger partial charge on any atom is -0.350 e. The Hall–Kier alpha value is -2.50. The molecule has 2 rings (SSSR count). The van der Waals surface area contributed by atoms with Crippen LogP contribution >= 0.6 is 0 Å². The molecule has 0 unspecified atom stereocenters. The summed E-state index contributed by atoms with van der Waals surface area (Å²) < 4.78 is 12.8. The van der Waals surface area contributed by atoms with Crippen LogP contribution in [0.15, 0.2) is 36.5 Å². The quantitative estimate of drug-likeness (QED) is 0.890. The summed E-state index contributed by atoms with van der Waals surface area (Å²) in [5, 5.41) is 5.93. The number of halogens is 1. The van der Waals surface area contributed by atoms with E-state index in [4.69, 9.17) is 0 Å². The van der Waals surface area contributed by atoms with E-state index in [0.717, 1.165) is 5.56 Å². The highest BCUT2D eigenvalue weighted by Gasteiger charge is 2.13. The number of nitrogens with one attached hydrogen (secondary N) is 2.